The summed E-state index contributed by atoms with van der Waals surface area (Å²) < 4.78 is 0. The Hall–Kier alpha value is -3.66. The third kappa shape index (κ3) is 5.76. The van der Waals surface area contributed by atoms with Crippen molar-refractivity contribution in [3.05, 3.63) is 83.7 Å². The Morgan fingerprint density at radius 3 is 1.25 bits per heavy atom. The molecule has 0 aliphatic heterocycles. The highest BCUT2D eigenvalue weighted by Gasteiger charge is 2.25. The van der Waals surface area contributed by atoms with Crippen molar-refractivity contribution < 1.29 is 0 Å². The van der Waals surface area contributed by atoms with Gasteiger partial charge in [0.15, 0.2) is 0 Å². The highest BCUT2D eigenvalue weighted by atomic mass is 15.0. The highest BCUT2D eigenvalue weighted by molar-refractivity contribution is 5.62. The number of H-pyrrole nitrogens is 2. The predicted molar refractivity (Wildman–Crippen MR) is 147 cm³/mol. The summed E-state index contributed by atoms with van der Waals surface area (Å²) in [7, 11) is 0. The molecule has 186 valence electrons. The van der Waals surface area contributed by atoms with E-state index in [1.807, 2.05) is 60.9 Å². The van der Waals surface area contributed by atoms with E-state index in [-0.39, 0.29) is 22.9 Å². The lowest BCUT2D eigenvalue weighted by molar-refractivity contribution is 0.316. The average Bonchev–Trinajstić information content (AvgIpc) is 3.52. The Bertz CT molecular complexity index is 1260. The zero-order valence-corrected chi connectivity index (χ0v) is 22.0. The van der Waals surface area contributed by atoms with Crippen molar-refractivity contribution in [1.82, 2.24) is 19.9 Å². The number of nitrogens with one attached hydrogen (secondary N) is 2. The van der Waals surface area contributed by atoms with E-state index in [9.17, 15) is 0 Å². The molecular weight excluding hydrogens is 444 g/mol. The van der Waals surface area contributed by atoms with Gasteiger partial charge in [-0.25, -0.2) is 9.97 Å². The number of imidazole rings is 2. The number of rotatable bonds is 4. The van der Waals surface area contributed by atoms with Gasteiger partial charge < -0.3 is 21.4 Å². The van der Waals surface area contributed by atoms with Crippen LogP contribution in [-0.4, -0.2) is 19.9 Å². The zero-order chi connectivity index (χ0) is 26.1. The second kappa shape index (κ2) is 9.77. The SMILES string of the molecule is CC(C)(C)[C@H](N)c1ncc(-c2ccc(C#Cc3ccc(-c4cnc([C@@H](N)C(C)(C)C)[nH]4)cc3)cc2)[nH]1. The van der Waals surface area contributed by atoms with Crippen molar-refractivity contribution >= 4 is 0 Å². The number of aromatic nitrogens is 4. The fourth-order valence-electron chi connectivity index (χ4n) is 3.71. The lowest BCUT2D eigenvalue weighted by Gasteiger charge is -2.25. The number of hydrogen-bond donors (Lipinski definition) is 4. The van der Waals surface area contributed by atoms with Gasteiger partial charge >= 0.3 is 0 Å². The fourth-order valence-corrected chi connectivity index (χ4v) is 3.71. The van der Waals surface area contributed by atoms with Gasteiger partial charge in [-0.2, -0.15) is 0 Å². The van der Waals surface area contributed by atoms with Gasteiger partial charge in [0.1, 0.15) is 11.6 Å². The monoisotopic (exact) mass is 480 g/mol. The van der Waals surface area contributed by atoms with Gasteiger partial charge in [-0.1, -0.05) is 77.6 Å². The molecule has 0 saturated heterocycles. The number of aromatic amines is 2. The molecule has 0 amide bonds. The largest absolute Gasteiger partial charge is 0.341 e. The highest BCUT2D eigenvalue weighted by Crippen LogP contribution is 2.31. The minimum absolute atomic E-state index is 0.0617. The van der Waals surface area contributed by atoms with Crippen molar-refractivity contribution in [1.29, 1.82) is 0 Å². The molecule has 2 heterocycles. The standard InChI is InChI=1S/C30H36N6/c1-29(2,3)25(31)27-33-17-23(35-27)21-13-9-19(10-14-21)7-8-20-11-15-22(16-12-20)24-18-34-28(36-24)26(32)30(4,5)6/h9-18,25-26H,31-32H2,1-6H3,(H,33,35)(H,34,36)/t25-,26-/m1/s1. The average molecular weight is 481 g/mol. The van der Waals surface area contributed by atoms with E-state index in [1.54, 1.807) is 0 Å². The van der Waals surface area contributed by atoms with Crippen LogP contribution in [0.5, 0.6) is 0 Å². The molecule has 0 spiro atoms. The molecule has 0 unspecified atom stereocenters. The first-order valence-corrected chi connectivity index (χ1v) is 12.3. The first-order valence-electron chi connectivity index (χ1n) is 12.3. The summed E-state index contributed by atoms with van der Waals surface area (Å²) in [5.41, 5.74) is 18.4. The van der Waals surface area contributed by atoms with Crippen LogP contribution < -0.4 is 11.5 Å². The lowest BCUT2D eigenvalue weighted by Crippen LogP contribution is -2.27. The lowest BCUT2D eigenvalue weighted by atomic mass is 9.87. The maximum Gasteiger partial charge on any atom is 0.124 e. The van der Waals surface area contributed by atoms with E-state index in [0.29, 0.717) is 0 Å². The van der Waals surface area contributed by atoms with Crippen LogP contribution >= 0.6 is 0 Å². The molecule has 36 heavy (non-hydrogen) atoms. The molecule has 2 aromatic carbocycles. The first-order chi connectivity index (χ1) is 16.9. The quantitative estimate of drug-likeness (QED) is 0.270. The zero-order valence-electron chi connectivity index (χ0n) is 22.0. The van der Waals surface area contributed by atoms with E-state index in [2.05, 4.69) is 73.3 Å². The van der Waals surface area contributed by atoms with E-state index < -0.39 is 0 Å². The summed E-state index contributed by atoms with van der Waals surface area (Å²) in [6.07, 6.45) is 3.67. The molecule has 4 rings (SSSR count). The first kappa shape index (κ1) is 25.4. The second-order valence-electron chi connectivity index (χ2n) is 11.5. The van der Waals surface area contributed by atoms with Crippen LogP contribution in [0.4, 0.5) is 0 Å². The topological polar surface area (TPSA) is 109 Å². The molecule has 0 bridgehead atoms. The van der Waals surface area contributed by atoms with Crippen molar-refractivity contribution in [3.63, 3.8) is 0 Å². The molecule has 0 saturated carbocycles. The molecule has 0 aliphatic rings. The molecular formula is C30H36N6. The third-order valence-electron chi connectivity index (χ3n) is 6.39. The van der Waals surface area contributed by atoms with Crippen molar-refractivity contribution in [3.8, 4) is 34.4 Å². The molecule has 6 heteroatoms. The summed E-state index contributed by atoms with van der Waals surface area (Å²) >= 11 is 0. The normalized spacial score (nSPS) is 13.7. The van der Waals surface area contributed by atoms with Gasteiger partial charge in [0.25, 0.3) is 0 Å². The van der Waals surface area contributed by atoms with Crippen molar-refractivity contribution in [2.75, 3.05) is 0 Å². The molecule has 0 aliphatic carbocycles. The smallest absolute Gasteiger partial charge is 0.124 e. The van der Waals surface area contributed by atoms with Crippen molar-refractivity contribution in [2.24, 2.45) is 22.3 Å². The van der Waals surface area contributed by atoms with Gasteiger partial charge in [0.05, 0.1) is 35.9 Å². The van der Waals surface area contributed by atoms with Gasteiger partial charge in [0, 0.05) is 11.1 Å². The van der Waals surface area contributed by atoms with Gasteiger partial charge in [-0.05, 0) is 46.2 Å². The Morgan fingerprint density at radius 1 is 0.611 bits per heavy atom. The molecule has 0 radical (unpaired) electrons. The molecule has 2 aromatic heterocycles. The van der Waals surface area contributed by atoms with Gasteiger partial charge in [-0.3, -0.25) is 0 Å². The Labute approximate surface area is 214 Å². The van der Waals surface area contributed by atoms with Crippen LogP contribution in [0.2, 0.25) is 0 Å². The van der Waals surface area contributed by atoms with Crippen molar-refractivity contribution in [2.45, 2.75) is 53.6 Å². The van der Waals surface area contributed by atoms with E-state index >= 15 is 0 Å². The van der Waals surface area contributed by atoms with Gasteiger partial charge in [-0.15, -0.1) is 0 Å². The summed E-state index contributed by atoms with van der Waals surface area (Å²) in [5.74, 6) is 8.09. The van der Waals surface area contributed by atoms with Gasteiger partial charge in [0.2, 0.25) is 0 Å². The molecule has 0 fully saturated rings. The number of nitrogens with zero attached hydrogens (tertiary/aromatic N) is 2. The van der Waals surface area contributed by atoms with Crippen LogP contribution in [0.3, 0.4) is 0 Å². The molecule has 2 atom stereocenters. The van der Waals surface area contributed by atoms with Crippen LogP contribution in [0, 0.1) is 22.7 Å². The molecule has 6 nitrogen and oxygen atoms in total. The molecule has 6 N–H and O–H groups in total. The fraction of sp³-hybridized carbons (Fsp3) is 0.333. The summed E-state index contributed by atoms with van der Waals surface area (Å²) in [6, 6.07) is 16.0. The van der Waals surface area contributed by atoms with Crippen LogP contribution in [-0.2, 0) is 0 Å². The number of hydrogen-bond acceptors (Lipinski definition) is 4. The number of benzene rings is 2. The predicted octanol–water partition coefficient (Wildman–Crippen LogP) is 5.96. The molecule has 4 aromatic rings. The Kier molecular flexibility index (Phi) is 6.90. The van der Waals surface area contributed by atoms with E-state index in [4.69, 9.17) is 11.5 Å². The van der Waals surface area contributed by atoms with E-state index in [0.717, 1.165) is 45.3 Å². The van der Waals surface area contributed by atoms with Crippen LogP contribution in [0.1, 0.15) is 76.4 Å². The third-order valence-corrected chi connectivity index (χ3v) is 6.39. The van der Waals surface area contributed by atoms with Crippen LogP contribution in [0.15, 0.2) is 60.9 Å². The second-order valence-corrected chi connectivity index (χ2v) is 11.5. The van der Waals surface area contributed by atoms with Crippen LogP contribution in [0.25, 0.3) is 22.5 Å². The maximum atomic E-state index is 6.33. The van der Waals surface area contributed by atoms with E-state index in [1.165, 1.54) is 0 Å². The minimum Gasteiger partial charge on any atom is -0.341 e. The Morgan fingerprint density at radius 2 is 0.944 bits per heavy atom. The number of nitrogens with two attached hydrogens (primary N) is 2. The summed E-state index contributed by atoms with van der Waals surface area (Å²) in [5, 5.41) is 0. The summed E-state index contributed by atoms with van der Waals surface area (Å²) in [4.78, 5) is 15.7. The maximum absolute atomic E-state index is 6.33. The summed E-state index contributed by atoms with van der Waals surface area (Å²) in [6.45, 7) is 12.7. The Balaban J connectivity index is 1.44. The minimum atomic E-state index is -0.154.